The maximum Gasteiger partial charge on any atom is 0.356 e. The third-order valence-electron chi connectivity index (χ3n) is 7.17. The Balaban J connectivity index is 1.31. The lowest BCUT2D eigenvalue weighted by molar-refractivity contribution is -0.157. The molecule has 2 aliphatic rings. The molecule has 3 heterocycles. The minimum Gasteiger partial charge on any atom is -0.448 e. The monoisotopic (exact) mass is 673 g/mol. The van der Waals surface area contributed by atoms with Crippen molar-refractivity contribution in [2.45, 2.75) is 28.4 Å². The van der Waals surface area contributed by atoms with Crippen LogP contribution in [0.3, 0.4) is 0 Å². The summed E-state index contributed by atoms with van der Waals surface area (Å²) < 4.78 is 7.01. The zero-order valence-corrected chi connectivity index (χ0v) is 27.3. The van der Waals surface area contributed by atoms with Crippen LogP contribution in [0.15, 0.2) is 117 Å². The molecule has 12 heteroatoms. The molecular weight excluding hydrogens is 646 g/mol. The Morgan fingerprint density at radius 2 is 1.71 bits per heavy atom. The molecule has 3 aromatic carbocycles. The molecule has 8 nitrogen and oxygen atoms in total. The summed E-state index contributed by atoms with van der Waals surface area (Å²) in [6.45, 7) is 1.89. The van der Waals surface area contributed by atoms with Crippen LogP contribution >= 0.6 is 46.5 Å². The second-order valence-corrected chi connectivity index (χ2v) is 14.2. The number of thioether (sulfide) groups is 2. The summed E-state index contributed by atoms with van der Waals surface area (Å²) in [6.07, 6.45) is 2.46. The first-order valence-electron chi connectivity index (χ1n) is 14.0. The number of β-lactam (4-membered cyclic amide) rings is 1. The number of halogens is 1. The number of carbonyl (C=O) groups excluding carboxylic acids is 2. The maximum atomic E-state index is 14.2. The van der Waals surface area contributed by atoms with Gasteiger partial charge in [-0.25, -0.2) is 4.79 Å². The quantitative estimate of drug-likeness (QED) is 0.0886. The van der Waals surface area contributed by atoms with Crippen molar-refractivity contribution in [3.63, 3.8) is 0 Å². The topological polar surface area (TPSA) is 111 Å². The molecule has 0 spiro atoms. The Bertz CT molecular complexity index is 1740. The van der Waals surface area contributed by atoms with E-state index in [-0.39, 0.29) is 5.70 Å². The standard InChI is InChI=1S/C33H28ClN5O3S3/c1-21-37-38-32(45-21)44-20-25-19-43-31-33(35,36-18-26(34)17-22-11-5-2-6-12-22)30(41)39(31)27(25)29(40)42-28(23-13-7-3-8-14-23)24-15-9-4-10-16-24/h2-18,28,31H,19-20,35H2,1H3/t31-,33+/m0/s1. The molecule has 0 radical (unpaired) electrons. The normalized spacial score (nSPS) is 20.0. The molecule has 2 atom stereocenters. The maximum absolute atomic E-state index is 14.2. The van der Waals surface area contributed by atoms with E-state index in [2.05, 4.69) is 15.2 Å². The second kappa shape index (κ2) is 13.7. The number of amides is 1. The second-order valence-electron chi connectivity index (χ2n) is 10.3. The molecule has 228 valence electrons. The number of aryl methyl sites for hydroxylation is 1. The van der Waals surface area contributed by atoms with Crippen molar-refractivity contribution in [3.05, 3.63) is 129 Å². The number of esters is 1. The predicted molar refractivity (Wildman–Crippen MR) is 182 cm³/mol. The van der Waals surface area contributed by atoms with Gasteiger partial charge in [0, 0.05) is 17.7 Å². The van der Waals surface area contributed by atoms with Crippen LogP contribution in [-0.2, 0) is 14.3 Å². The van der Waals surface area contributed by atoms with E-state index in [1.165, 1.54) is 46.0 Å². The van der Waals surface area contributed by atoms with Crippen molar-refractivity contribution in [1.29, 1.82) is 0 Å². The van der Waals surface area contributed by atoms with E-state index >= 15 is 0 Å². The molecule has 0 unspecified atom stereocenters. The number of carbonyl (C=O) groups is 2. The number of aliphatic imine (C=N–C) groups is 1. The zero-order chi connectivity index (χ0) is 31.4. The molecular formula is C33H28ClN5O3S3. The van der Waals surface area contributed by atoms with Crippen LogP contribution in [0.4, 0.5) is 0 Å². The number of allylic oxidation sites excluding steroid dienone is 1. The van der Waals surface area contributed by atoms with E-state index in [4.69, 9.17) is 22.1 Å². The van der Waals surface area contributed by atoms with Gasteiger partial charge in [-0.2, -0.15) is 0 Å². The van der Waals surface area contributed by atoms with Crippen LogP contribution in [-0.4, -0.2) is 55.7 Å². The number of ether oxygens (including phenoxy) is 1. The number of hydrogen-bond donors (Lipinski definition) is 1. The number of rotatable bonds is 10. The molecule has 1 saturated heterocycles. The van der Waals surface area contributed by atoms with Crippen LogP contribution in [0.5, 0.6) is 0 Å². The van der Waals surface area contributed by atoms with E-state index in [1.54, 1.807) is 6.08 Å². The molecule has 0 saturated carbocycles. The van der Waals surface area contributed by atoms with Crippen LogP contribution in [0.2, 0.25) is 0 Å². The SMILES string of the molecule is Cc1nnc(SCC2=C(C(=O)OC(c3ccccc3)c3ccccc3)N3C(=O)[C@@](N)(N=CC(Cl)=Cc4ccccc4)[C@@H]3SC2)s1. The highest BCUT2D eigenvalue weighted by Crippen LogP contribution is 2.47. The highest BCUT2D eigenvalue weighted by Gasteiger charge is 2.63. The van der Waals surface area contributed by atoms with Gasteiger partial charge in [-0.05, 0) is 35.3 Å². The molecule has 6 rings (SSSR count). The molecule has 1 aromatic heterocycles. The summed E-state index contributed by atoms with van der Waals surface area (Å²) in [5.41, 5.74) is 8.48. The number of fused-ring (bicyclic) bond motifs is 1. The zero-order valence-electron chi connectivity index (χ0n) is 24.1. The molecule has 45 heavy (non-hydrogen) atoms. The third-order valence-corrected chi connectivity index (χ3v) is 10.8. The van der Waals surface area contributed by atoms with Crippen molar-refractivity contribution >= 4 is 70.6 Å². The summed E-state index contributed by atoms with van der Waals surface area (Å²) in [5, 5.41) is 8.85. The highest BCUT2D eigenvalue weighted by molar-refractivity contribution is 8.01. The average molecular weight is 674 g/mol. The van der Waals surface area contributed by atoms with Gasteiger partial charge in [-0.15, -0.1) is 22.0 Å². The van der Waals surface area contributed by atoms with E-state index < -0.39 is 29.0 Å². The molecule has 0 bridgehead atoms. The van der Waals surface area contributed by atoms with Crippen molar-refractivity contribution in [1.82, 2.24) is 15.1 Å². The van der Waals surface area contributed by atoms with Gasteiger partial charge in [0.15, 0.2) is 10.4 Å². The first kappa shape index (κ1) is 31.3. The fraction of sp³-hybridized carbons (Fsp3) is 0.182. The van der Waals surface area contributed by atoms with Gasteiger partial charge in [0.25, 0.3) is 5.91 Å². The van der Waals surface area contributed by atoms with Crippen LogP contribution in [0.25, 0.3) is 6.08 Å². The number of nitrogens with two attached hydrogens (primary N) is 1. The van der Waals surface area contributed by atoms with Gasteiger partial charge in [-0.1, -0.05) is 126 Å². The molecule has 2 N–H and O–H groups in total. The molecule has 1 fully saturated rings. The molecule has 2 aliphatic heterocycles. The Morgan fingerprint density at radius 3 is 2.31 bits per heavy atom. The fourth-order valence-corrected chi connectivity index (χ4v) is 8.49. The van der Waals surface area contributed by atoms with Crippen molar-refractivity contribution in [3.8, 4) is 0 Å². The summed E-state index contributed by atoms with van der Waals surface area (Å²) in [5.74, 6) is -0.232. The summed E-state index contributed by atoms with van der Waals surface area (Å²) >= 11 is 10.8. The summed E-state index contributed by atoms with van der Waals surface area (Å²) in [4.78, 5) is 33.8. The first-order valence-corrected chi connectivity index (χ1v) is 17.2. The van der Waals surface area contributed by atoms with Gasteiger partial charge in [0.05, 0.1) is 5.03 Å². The van der Waals surface area contributed by atoms with Crippen LogP contribution in [0.1, 0.15) is 27.8 Å². The van der Waals surface area contributed by atoms with E-state index in [0.717, 1.165) is 31.6 Å². The minimum absolute atomic E-state index is 0.191. The molecule has 0 aliphatic carbocycles. The first-order chi connectivity index (χ1) is 21.8. The van der Waals surface area contributed by atoms with Gasteiger partial charge in [-0.3, -0.25) is 20.4 Å². The van der Waals surface area contributed by atoms with Crippen molar-refractivity contribution in [2.24, 2.45) is 10.7 Å². The summed E-state index contributed by atoms with van der Waals surface area (Å²) in [6, 6.07) is 28.6. The van der Waals surface area contributed by atoms with Crippen LogP contribution in [0, 0.1) is 6.92 Å². The molecule has 4 aromatic rings. The Kier molecular flexibility index (Phi) is 9.53. The van der Waals surface area contributed by atoms with E-state index in [1.807, 2.05) is 97.9 Å². The van der Waals surface area contributed by atoms with E-state index in [9.17, 15) is 9.59 Å². The molecule has 1 amide bonds. The van der Waals surface area contributed by atoms with Crippen molar-refractivity contribution in [2.75, 3.05) is 11.5 Å². The lowest BCUT2D eigenvalue weighted by Crippen LogP contribution is -2.77. The third kappa shape index (κ3) is 6.78. The summed E-state index contributed by atoms with van der Waals surface area (Å²) in [7, 11) is 0. The Hall–Kier alpha value is -3.74. The lowest BCUT2D eigenvalue weighted by atomic mass is 9.97. The van der Waals surface area contributed by atoms with Gasteiger partial charge in [0.1, 0.15) is 16.1 Å². The average Bonchev–Trinajstić information content (AvgIpc) is 3.50. The predicted octanol–water partition coefficient (Wildman–Crippen LogP) is 6.45. The van der Waals surface area contributed by atoms with Gasteiger partial charge < -0.3 is 4.74 Å². The number of benzene rings is 3. The Labute approximate surface area is 278 Å². The van der Waals surface area contributed by atoms with Gasteiger partial charge >= 0.3 is 5.97 Å². The van der Waals surface area contributed by atoms with Gasteiger partial charge in [0.2, 0.25) is 5.66 Å². The minimum atomic E-state index is -1.59. The number of aromatic nitrogens is 2. The number of nitrogens with zero attached hydrogens (tertiary/aromatic N) is 4. The Morgan fingerprint density at radius 1 is 1.09 bits per heavy atom. The van der Waals surface area contributed by atoms with Crippen LogP contribution < -0.4 is 5.73 Å². The lowest BCUT2D eigenvalue weighted by Gasteiger charge is -2.53. The number of hydrogen-bond acceptors (Lipinski definition) is 10. The highest BCUT2D eigenvalue weighted by atomic mass is 35.5. The fourth-order valence-electron chi connectivity index (χ4n) is 4.99. The largest absolute Gasteiger partial charge is 0.448 e. The smallest absolute Gasteiger partial charge is 0.356 e. The van der Waals surface area contributed by atoms with Crippen molar-refractivity contribution < 1.29 is 14.3 Å². The van der Waals surface area contributed by atoms with E-state index in [0.29, 0.717) is 16.5 Å².